The number of methoxy groups -OCH3 is 2. The highest BCUT2D eigenvalue weighted by Crippen LogP contribution is 2.51. The molecule has 0 spiro atoms. The number of rotatable bonds is 20. The number of carbonyl (C=O) groups excluding carboxylic acids is 2. The summed E-state index contributed by atoms with van der Waals surface area (Å²) >= 11 is 0. The first-order valence-corrected chi connectivity index (χ1v) is 38.6. The third-order valence-electron chi connectivity index (χ3n) is 17.9. The number of nitrogens with zero attached hydrogens (tertiary/aromatic N) is 1. The first kappa shape index (κ1) is 112. The molecule has 0 amide bonds. The molecule has 4 saturated heterocycles. The highest BCUT2D eigenvalue weighted by Gasteiger charge is 2.49. The van der Waals surface area contributed by atoms with Crippen LogP contribution in [0.3, 0.4) is 0 Å². The van der Waals surface area contributed by atoms with Crippen LogP contribution in [0.15, 0.2) is 0 Å². The Labute approximate surface area is 618 Å². The van der Waals surface area contributed by atoms with E-state index in [-0.39, 0.29) is 66.3 Å². The molecule has 626 valence electrons. The quantitative estimate of drug-likeness (QED) is 0.0360. The predicted octanol–water partition coefficient (Wildman–Crippen LogP) is 2.45. The zero-order chi connectivity index (χ0) is 83.0. The standard InChI is InChI=1S/C10H18O6.C10H20O4.2C9H18O5.C6H16N.C6H14O2.C6H14O.C5H13O3P.C5H10O.C4H10O3S/c1-4(2)8-6(12)5(11)7(13)9(16-8)10(14)15-3;1-4-6-7(11)8(12)9(13)10(14-6)5(2)3;1-4(2)8-6(11)5(10)7(12)9(13-3)14-8;1-4(2)6-8(12)7(11)5(3-10)14-9(6)13;1-6(2)7(3,4)5;1-5(2)6(3-7)4-8;1-5(2)6(3)4-7;1-5(2)9(6,7-3)8-4;1-4(2)5(3)6;1-4(2)8(5,6)7-3/h4-9,11-13H,1-3H3;5-13H,4H2,1-3H3;4-12H,1-3H3;4-13H,3H2,1-2H3;6H,1-5H3;5-8H,3-4H2,1-2H3;5-7H,4H2,1-3H3;5H,1-4H3;4H,1-3H3;4H,1-3H3/q;;;;+1;;;;;. The third-order valence-corrected chi connectivity index (χ3v) is 21.8. The molecular formula is C70H151NO30PS+. The minimum Gasteiger partial charge on any atom is -0.467 e. The van der Waals surface area contributed by atoms with E-state index < -0.39 is 152 Å². The minimum atomic E-state index is -3.24. The largest absolute Gasteiger partial charge is 0.467 e. The van der Waals surface area contributed by atoms with Crippen LogP contribution >= 0.6 is 7.60 Å². The number of esters is 1. The Kier molecular flexibility index (Phi) is 61.6. The van der Waals surface area contributed by atoms with Crippen molar-refractivity contribution in [2.24, 2.45) is 59.2 Å². The Bertz CT molecular complexity index is 2200. The average molecular weight is 1550 g/mol. The van der Waals surface area contributed by atoms with Crippen molar-refractivity contribution in [1.82, 2.24) is 0 Å². The van der Waals surface area contributed by atoms with E-state index in [1.807, 2.05) is 83.1 Å². The van der Waals surface area contributed by atoms with E-state index in [9.17, 15) is 83.9 Å². The van der Waals surface area contributed by atoms with Gasteiger partial charge in [-0.2, -0.15) is 8.42 Å². The number of hydrogen-bond acceptors (Lipinski definition) is 30. The van der Waals surface area contributed by atoms with Crippen LogP contribution in [0.5, 0.6) is 0 Å². The summed E-state index contributed by atoms with van der Waals surface area (Å²) in [6, 6.07) is 0.736. The van der Waals surface area contributed by atoms with E-state index >= 15 is 0 Å². The Hall–Kier alpha value is -1.68. The molecule has 21 unspecified atom stereocenters. The lowest BCUT2D eigenvalue weighted by atomic mass is 9.83. The molecule has 4 aliphatic heterocycles. The molecule has 0 bridgehead atoms. The van der Waals surface area contributed by atoms with Gasteiger partial charge in [-0.25, -0.2) is 4.79 Å². The highest BCUT2D eigenvalue weighted by molar-refractivity contribution is 7.87. The molecule has 0 aromatic rings. The molecule has 0 aromatic carbocycles. The second-order valence-electron chi connectivity index (χ2n) is 29.9. The summed E-state index contributed by atoms with van der Waals surface area (Å²) in [5, 5.41) is 149. The lowest BCUT2D eigenvalue weighted by Crippen LogP contribution is -2.61. The molecule has 0 saturated carbocycles. The summed E-state index contributed by atoms with van der Waals surface area (Å²) in [5.41, 5.74) is -0.0625. The van der Waals surface area contributed by atoms with Crippen molar-refractivity contribution in [3.63, 3.8) is 0 Å². The van der Waals surface area contributed by atoms with Crippen LogP contribution in [-0.4, -0.2) is 323 Å². The summed E-state index contributed by atoms with van der Waals surface area (Å²) in [6.07, 6.45) is -18.4. The molecule has 16 N–H and O–H groups in total. The van der Waals surface area contributed by atoms with Gasteiger partial charge in [0.25, 0.3) is 10.1 Å². The number of Topliss-reactive ketones (excluding diaryl/α,β-unsaturated/α-hetero) is 1. The van der Waals surface area contributed by atoms with Crippen molar-refractivity contribution in [3.05, 3.63) is 0 Å². The topological polar surface area (TPSA) is 492 Å². The Balaban J connectivity index is -0.000000258. The van der Waals surface area contributed by atoms with E-state index in [0.717, 1.165) is 17.6 Å². The van der Waals surface area contributed by atoms with Gasteiger partial charge in [0.2, 0.25) is 0 Å². The van der Waals surface area contributed by atoms with Crippen LogP contribution in [0.1, 0.15) is 166 Å². The second-order valence-corrected chi connectivity index (χ2v) is 35.1. The highest BCUT2D eigenvalue weighted by atomic mass is 32.2. The fourth-order valence-corrected chi connectivity index (χ4v) is 9.85. The maximum Gasteiger partial charge on any atom is 0.337 e. The van der Waals surface area contributed by atoms with E-state index in [4.69, 9.17) is 44.1 Å². The van der Waals surface area contributed by atoms with Gasteiger partial charge in [0.1, 0.15) is 72.9 Å². The van der Waals surface area contributed by atoms with Gasteiger partial charge in [0.15, 0.2) is 18.7 Å². The number of ketones is 1. The van der Waals surface area contributed by atoms with Crippen molar-refractivity contribution < 1.29 is 150 Å². The van der Waals surface area contributed by atoms with E-state index in [1.54, 1.807) is 48.5 Å². The molecule has 4 rings (SSSR count). The van der Waals surface area contributed by atoms with E-state index in [1.165, 1.54) is 28.4 Å². The van der Waals surface area contributed by atoms with E-state index in [2.05, 4.69) is 66.8 Å². The van der Waals surface area contributed by atoms with E-state index in [0.29, 0.717) is 30.8 Å². The van der Waals surface area contributed by atoms with Gasteiger partial charge >= 0.3 is 13.6 Å². The summed E-state index contributed by atoms with van der Waals surface area (Å²) in [6.45, 7) is 43.6. The van der Waals surface area contributed by atoms with Crippen LogP contribution in [0.4, 0.5) is 0 Å². The molecule has 4 fully saturated rings. The van der Waals surface area contributed by atoms with Gasteiger partial charge in [-0.3, -0.25) is 13.5 Å². The molecule has 4 heterocycles. The van der Waals surface area contributed by atoms with Crippen molar-refractivity contribution in [3.8, 4) is 0 Å². The molecule has 31 nitrogen and oxygen atoms in total. The van der Waals surface area contributed by atoms with Crippen LogP contribution in [0, 0.1) is 59.2 Å². The first-order valence-electron chi connectivity index (χ1n) is 35.6. The fourth-order valence-electron chi connectivity index (χ4n) is 8.48. The molecule has 4 aliphatic rings. The number of aliphatic hydroxyl groups is 16. The van der Waals surface area contributed by atoms with Crippen LogP contribution < -0.4 is 0 Å². The predicted molar refractivity (Wildman–Crippen MR) is 392 cm³/mol. The third kappa shape index (κ3) is 42.4. The number of aliphatic hydroxyl groups excluding tert-OH is 16. The van der Waals surface area contributed by atoms with Crippen LogP contribution in [0.25, 0.3) is 0 Å². The fraction of sp³-hybridized carbons (Fsp3) is 0.971. The Morgan fingerprint density at radius 3 is 1.08 bits per heavy atom. The summed E-state index contributed by atoms with van der Waals surface area (Å²) in [4.78, 5) is 21.4. The number of quaternary nitrogens is 1. The maximum atomic E-state index is 11.3. The molecular weight excluding hydrogens is 1400 g/mol. The lowest BCUT2D eigenvalue weighted by Gasteiger charge is -2.42. The van der Waals surface area contributed by atoms with Gasteiger partial charge < -0.3 is 124 Å². The lowest BCUT2D eigenvalue weighted by molar-refractivity contribution is -0.891. The van der Waals surface area contributed by atoms with Gasteiger partial charge in [0.05, 0.1) is 89.4 Å². The van der Waals surface area contributed by atoms with Gasteiger partial charge in [-0.1, -0.05) is 125 Å². The van der Waals surface area contributed by atoms with Gasteiger partial charge in [0, 0.05) is 58.9 Å². The van der Waals surface area contributed by atoms with Crippen molar-refractivity contribution in [1.29, 1.82) is 0 Å². The smallest absolute Gasteiger partial charge is 0.337 e. The zero-order valence-electron chi connectivity index (χ0n) is 68.2. The maximum absolute atomic E-state index is 11.3. The second kappa shape index (κ2) is 56.5. The minimum absolute atomic E-state index is 0.00528. The van der Waals surface area contributed by atoms with Crippen molar-refractivity contribution in [2.75, 3.05) is 83.1 Å². The molecule has 33 heteroatoms. The van der Waals surface area contributed by atoms with Crippen LogP contribution in [0.2, 0.25) is 0 Å². The Morgan fingerprint density at radius 2 is 0.854 bits per heavy atom. The summed E-state index contributed by atoms with van der Waals surface area (Å²) in [5.74, 6) is 0.784. The summed E-state index contributed by atoms with van der Waals surface area (Å²) < 4.78 is 77.2. The van der Waals surface area contributed by atoms with Gasteiger partial charge in [-0.15, -0.1) is 0 Å². The van der Waals surface area contributed by atoms with Crippen molar-refractivity contribution >= 4 is 29.5 Å². The first-order chi connectivity index (χ1) is 46.9. The SMILES string of the molecule is CC(=O)C(C)C.CC(C)C(C)CO.CC(C)C(CO)CO.CC(C)C1C(O)OC(CO)C(O)C1O.CC(C)[N+](C)(C)C.CCC1OC(C(C)C)C(O)C(O)C1O.COC(=O)C1OC(C(C)C)C(O)C(O)C1O.COC1OC(C(C)C)C(O)C(O)C1O.COP(=O)(OC)C(C)C.COS(=O)(=O)C(C)C. The number of hydrogen-bond donors (Lipinski definition) is 16. The molecule has 0 aliphatic carbocycles. The monoisotopic (exact) mass is 1550 g/mol. The number of ether oxygens (including phenoxy) is 6. The van der Waals surface area contributed by atoms with Crippen LogP contribution in [-0.2, 0) is 65.9 Å². The van der Waals surface area contributed by atoms with Gasteiger partial charge in [-0.05, 0) is 82.5 Å². The zero-order valence-corrected chi connectivity index (χ0v) is 69.9. The molecule has 103 heavy (non-hydrogen) atoms. The average Bonchev–Trinajstić information content (AvgIpc) is 0.821. The number of carbonyl (C=O) groups is 2. The molecule has 0 radical (unpaired) electrons. The van der Waals surface area contributed by atoms with Crippen molar-refractivity contribution in [2.45, 2.75) is 299 Å². The summed E-state index contributed by atoms with van der Waals surface area (Å²) in [7, 11) is 7.11. The normalized spacial score (nSPS) is 29.7. The Morgan fingerprint density at radius 1 is 0.485 bits per heavy atom. The molecule has 21 atom stereocenters. The molecule has 0 aromatic heterocycles.